The van der Waals surface area contributed by atoms with Crippen LogP contribution in [0, 0.1) is 25.7 Å². The summed E-state index contributed by atoms with van der Waals surface area (Å²) in [6, 6.07) is 2.11. The Hall–Kier alpha value is -2.21. The van der Waals surface area contributed by atoms with E-state index in [4.69, 9.17) is 4.74 Å². The first-order chi connectivity index (χ1) is 13.6. The van der Waals surface area contributed by atoms with Gasteiger partial charge in [-0.1, -0.05) is 11.6 Å². The quantitative estimate of drug-likeness (QED) is 0.796. The summed E-state index contributed by atoms with van der Waals surface area (Å²) in [6.45, 7) is 12.5. The maximum absolute atomic E-state index is 13.2. The molecule has 6 nitrogen and oxygen atoms in total. The summed E-state index contributed by atoms with van der Waals surface area (Å²) in [7, 11) is 0. The number of aromatic nitrogens is 3. The number of nitrogens with one attached hydrogen (secondary N) is 1. The van der Waals surface area contributed by atoms with Gasteiger partial charge in [0.1, 0.15) is 6.33 Å². The van der Waals surface area contributed by atoms with Crippen LogP contribution < -0.4 is 5.32 Å². The van der Waals surface area contributed by atoms with Crippen molar-refractivity contribution in [3.05, 3.63) is 41.1 Å². The lowest BCUT2D eigenvalue weighted by atomic mass is 9.67. The number of rotatable bonds is 3. The van der Waals surface area contributed by atoms with E-state index in [0.717, 1.165) is 30.7 Å². The summed E-state index contributed by atoms with van der Waals surface area (Å²) in [4.78, 5) is 22.1. The molecule has 2 bridgehead atoms. The van der Waals surface area contributed by atoms with Gasteiger partial charge in [0.05, 0.1) is 11.7 Å². The second-order valence-electron chi connectivity index (χ2n) is 9.70. The molecule has 2 aromatic heterocycles. The zero-order chi connectivity index (χ0) is 20.9. The first-order valence-corrected chi connectivity index (χ1v) is 10.6. The molecular weight excluding hydrogens is 364 g/mol. The Labute approximate surface area is 172 Å². The lowest BCUT2D eigenvalue weighted by Crippen LogP contribution is -2.53. The van der Waals surface area contributed by atoms with E-state index in [-0.39, 0.29) is 23.7 Å². The van der Waals surface area contributed by atoms with Gasteiger partial charge in [0.15, 0.2) is 11.3 Å². The molecule has 2 heterocycles. The fourth-order valence-electron chi connectivity index (χ4n) is 5.01. The Morgan fingerprint density at radius 2 is 2.00 bits per heavy atom. The third-order valence-electron chi connectivity index (χ3n) is 6.21. The van der Waals surface area contributed by atoms with Crippen LogP contribution in [0.2, 0.25) is 0 Å². The second kappa shape index (κ2) is 7.24. The molecule has 0 radical (unpaired) electrons. The molecule has 156 valence electrons. The number of imidazole rings is 1. The highest BCUT2D eigenvalue weighted by Gasteiger charge is 2.42. The molecule has 0 saturated heterocycles. The highest BCUT2D eigenvalue weighted by atomic mass is 16.5. The summed E-state index contributed by atoms with van der Waals surface area (Å²) < 4.78 is 8.18. The molecule has 6 heteroatoms. The zero-order valence-corrected chi connectivity index (χ0v) is 18.3. The van der Waals surface area contributed by atoms with Crippen molar-refractivity contribution in [3.63, 3.8) is 0 Å². The van der Waals surface area contributed by atoms with Crippen LogP contribution in [0.1, 0.15) is 68.8 Å². The molecule has 29 heavy (non-hydrogen) atoms. The van der Waals surface area contributed by atoms with Gasteiger partial charge >= 0.3 is 0 Å². The number of fused-ring (bicyclic) bond motifs is 3. The molecule has 1 fully saturated rings. The largest absolute Gasteiger partial charge is 0.373 e. The lowest BCUT2D eigenvalue weighted by Gasteiger charge is -2.46. The van der Waals surface area contributed by atoms with Gasteiger partial charge < -0.3 is 10.1 Å². The van der Waals surface area contributed by atoms with Crippen LogP contribution in [0.4, 0.5) is 0 Å². The average molecular weight is 397 g/mol. The Kier molecular flexibility index (Phi) is 5.01. The molecule has 2 aromatic rings. The first-order valence-electron chi connectivity index (χ1n) is 10.6. The van der Waals surface area contributed by atoms with Gasteiger partial charge in [-0.25, -0.2) is 9.97 Å². The van der Waals surface area contributed by atoms with Crippen molar-refractivity contribution >= 4 is 11.6 Å². The van der Waals surface area contributed by atoms with Crippen molar-refractivity contribution in [2.24, 2.45) is 11.8 Å². The molecule has 4 atom stereocenters. The van der Waals surface area contributed by atoms with Crippen LogP contribution in [0.25, 0.3) is 5.65 Å². The average Bonchev–Trinajstić information content (AvgIpc) is 3.02. The number of amides is 1. The molecule has 1 N–H and O–H groups in total. The van der Waals surface area contributed by atoms with E-state index in [1.165, 1.54) is 5.57 Å². The van der Waals surface area contributed by atoms with E-state index in [2.05, 4.69) is 49.1 Å². The van der Waals surface area contributed by atoms with Crippen LogP contribution in [-0.4, -0.2) is 38.0 Å². The van der Waals surface area contributed by atoms with Gasteiger partial charge in [0, 0.05) is 23.3 Å². The maximum atomic E-state index is 13.2. The zero-order valence-electron chi connectivity index (χ0n) is 18.3. The summed E-state index contributed by atoms with van der Waals surface area (Å²) in [5, 5.41) is 3.32. The van der Waals surface area contributed by atoms with Crippen molar-refractivity contribution in [1.82, 2.24) is 19.7 Å². The topological polar surface area (TPSA) is 68.5 Å². The van der Waals surface area contributed by atoms with E-state index >= 15 is 0 Å². The Balaban J connectivity index is 1.57. The van der Waals surface area contributed by atoms with Crippen molar-refractivity contribution < 1.29 is 9.53 Å². The van der Waals surface area contributed by atoms with Crippen LogP contribution >= 0.6 is 0 Å². The number of carbonyl (C=O) groups excluding carboxylic acids is 1. The van der Waals surface area contributed by atoms with Crippen molar-refractivity contribution in [2.75, 3.05) is 0 Å². The SMILES string of the molecule is CC1=CC[C@@H]2C[C@H](OC(C)(C)C)C[C@H]1[C@@H]2NC(=O)c1ncn2c(C)cc(C)nc12. The molecule has 2 aliphatic rings. The molecule has 1 saturated carbocycles. The van der Waals surface area contributed by atoms with E-state index in [0.29, 0.717) is 23.2 Å². The molecule has 2 aliphatic carbocycles. The van der Waals surface area contributed by atoms with Crippen LogP contribution in [0.15, 0.2) is 24.0 Å². The van der Waals surface area contributed by atoms with Gasteiger partial charge in [-0.15, -0.1) is 0 Å². The monoisotopic (exact) mass is 396 g/mol. The van der Waals surface area contributed by atoms with Crippen molar-refractivity contribution in [3.8, 4) is 0 Å². The predicted octanol–water partition coefficient (Wildman–Crippen LogP) is 4.00. The van der Waals surface area contributed by atoms with E-state index in [1.54, 1.807) is 6.33 Å². The maximum Gasteiger partial charge on any atom is 0.274 e. The predicted molar refractivity (Wildman–Crippen MR) is 113 cm³/mol. The number of hydrogen-bond donors (Lipinski definition) is 1. The Morgan fingerprint density at radius 1 is 1.24 bits per heavy atom. The normalized spacial score (nSPS) is 27.0. The van der Waals surface area contributed by atoms with Crippen LogP contribution in [0.3, 0.4) is 0 Å². The smallest absolute Gasteiger partial charge is 0.274 e. The number of nitrogens with zero attached hydrogens (tertiary/aromatic N) is 3. The van der Waals surface area contributed by atoms with Crippen LogP contribution in [-0.2, 0) is 4.74 Å². The van der Waals surface area contributed by atoms with E-state index in [1.807, 2.05) is 24.3 Å². The molecule has 4 rings (SSSR count). The number of allylic oxidation sites excluding steroid dienone is 1. The molecule has 1 amide bonds. The third kappa shape index (κ3) is 3.95. The number of carbonyl (C=O) groups is 1. The Morgan fingerprint density at radius 3 is 2.72 bits per heavy atom. The minimum atomic E-state index is -0.149. The lowest BCUT2D eigenvalue weighted by molar-refractivity contribution is -0.0942. The van der Waals surface area contributed by atoms with Gasteiger partial charge in [0.2, 0.25) is 0 Å². The molecule has 0 unspecified atom stereocenters. The highest BCUT2D eigenvalue weighted by molar-refractivity contribution is 5.98. The van der Waals surface area contributed by atoms with Gasteiger partial charge in [-0.2, -0.15) is 0 Å². The molecule has 0 aromatic carbocycles. The fraction of sp³-hybridized carbons (Fsp3) is 0.609. The summed E-state index contributed by atoms with van der Waals surface area (Å²) >= 11 is 0. The van der Waals surface area contributed by atoms with Gasteiger partial charge in [-0.3, -0.25) is 9.20 Å². The van der Waals surface area contributed by atoms with Crippen molar-refractivity contribution in [1.29, 1.82) is 0 Å². The summed E-state index contributed by atoms with van der Waals surface area (Å²) in [5.74, 6) is 0.568. The number of aryl methyl sites for hydroxylation is 2. The van der Waals surface area contributed by atoms with Crippen molar-refractivity contribution in [2.45, 2.75) is 78.6 Å². The highest BCUT2D eigenvalue weighted by Crippen LogP contribution is 2.42. The first kappa shape index (κ1) is 20.1. The van der Waals surface area contributed by atoms with Crippen LogP contribution in [0.5, 0.6) is 0 Å². The van der Waals surface area contributed by atoms with Gasteiger partial charge in [-0.05, 0) is 72.8 Å². The fourth-order valence-corrected chi connectivity index (χ4v) is 5.01. The summed E-state index contributed by atoms with van der Waals surface area (Å²) in [6.07, 6.45) is 7.17. The third-order valence-corrected chi connectivity index (χ3v) is 6.21. The number of ether oxygens (including phenoxy) is 1. The standard InChI is InChI=1S/C23H32N4O2/c1-13-7-8-16-10-17(29-23(4,5)6)11-18(13)19(16)26-22(28)20-21-25-14(2)9-15(3)27(21)12-24-20/h7,9,12,16-19H,8,10-11H2,1-6H3,(H,26,28)/t16-,17+,18-,19-/m1/s1. The minimum Gasteiger partial charge on any atom is -0.373 e. The summed E-state index contributed by atoms with van der Waals surface area (Å²) in [5.41, 5.74) is 4.15. The Bertz CT molecular complexity index is 969. The van der Waals surface area contributed by atoms with Gasteiger partial charge in [0.25, 0.3) is 5.91 Å². The molecular formula is C23H32N4O2. The number of hydrogen-bond acceptors (Lipinski definition) is 4. The molecule has 0 aliphatic heterocycles. The minimum absolute atomic E-state index is 0.120. The molecule has 0 spiro atoms. The second-order valence-corrected chi connectivity index (χ2v) is 9.70. The van der Waals surface area contributed by atoms with E-state index < -0.39 is 0 Å². The van der Waals surface area contributed by atoms with E-state index in [9.17, 15) is 4.79 Å².